The van der Waals surface area contributed by atoms with Crippen LogP contribution in [0, 0.1) is 0 Å². The summed E-state index contributed by atoms with van der Waals surface area (Å²) in [6.07, 6.45) is 0. The third-order valence-corrected chi connectivity index (χ3v) is 0. The topological polar surface area (TPSA) is 684 Å². The molecule has 0 aromatic heterocycles. The van der Waals surface area contributed by atoms with Crippen LogP contribution in [0.25, 0.3) is 0 Å². The van der Waals surface area contributed by atoms with Crippen molar-refractivity contribution in [3.63, 3.8) is 0 Å². The molecule has 31 heavy (non-hydrogen) atoms. The molecule has 0 aromatic rings. The van der Waals surface area contributed by atoms with Crippen molar-refractivity contribution < 1.29 is 279 Å². The van der Waals surface area contributed by atoms with E-state index in [0.717, 1.165) is 0 Å². The Hall–Kier alpha value is 3.86. The average molecular weight is 1060 g/mol. The van der Waals surface area contributed by atoms with Crippen molar-refractivity contribution in [3.8, 4) is 0 Å². The molecule has 0 heterocycles. The van der Waals surface area contributed by atoms with E-state index in [2.05, 4.69) is 0 Å². The summed E-state index contributed by atoms with van der Waals surface area (Å²) in [5.41, 5.74) is 0. The van der Waals surface area contributed by atoms with Gasteiger partial charge in [0.1, 0.15) is 0 Å². The van der Waals surface area contributed by atoms with Crippen molar-refractivity contribution in [1.29, 1.82) is 0 Å². The molecule has 0 N–H and O–H groups in total. The van der Waals surface area contributed by atoms with E-state index in [0.29, 0.717) is 0 Å². The van der Waals surface area contributed by atoms with Gasteiger partial charge in [-0.25, -0.2) is 0 Å². The van der Waals surface area contributed by atoms with Crippen LogP contribution in [0.4, 0.5) is 0 Å². The van der Waals surface area contributed by atoms with Gasteiger partial charge in [-0.3, -0.25) is 0 Å². The van der Waals surface area contributed by atoms with E-state index >= 15 is 0 Å². The maximum atomic E-state index is 0. The van der Waals surface area contributed by atoms with Crippen molar-refractivity contribution in [1.82, 2.24) is 0 Å². The van der Waals surface area contributed by atoms with Crippen molar-refractivity contribution in [2.24, 2.45) is 0 Å². The van der Waals surface area contributed by atoms with Gasteiger partial charge in [-0.05, 0) is 0 Å². The molecular weight excluding hydrogens is 1060 g/mol. The second-order valence-electron chi connectivity index (χ2n) is 0. The first-order chi connectivity index (χ1) is 0. The fourth-order valence-corrected chi connectivity index (χ4v) is 0. The molecule has 0 rings (SSSR count). The third-order valence-electron chi connectivity index (χ3n) is 0. The van der Waals surface area contributed by atoms with Crippen LogP contribution in [0.1, 0.15) is 0 Å². The normalized spacial score (nSPS) is 0. The maximum Gasteiger partial charge on any atom is 0 e. The molecular formula is Mo7O24-48. The standard InChI is InChI=1S/7Mo.24O/q;;;;;;;24*-2. The van der Waals surface area contributed by atoms with Crippen molar-refractivity contribution in [3.05, 3.63) is 0 Å². The predicted molar refractivity (Wildman–Crippen MR) is 16.5 cm³/mol. The Bertz CT molecular complexity index is 23.9. The zero-order chi connectivity index (χ0) is 0. The van der Waals surface area contributed by atoms with Gasteiger partial charge in [0.05, 0.1) is 0 Å². The fourth-order valence-electron chi connectivity index (χ4n) is 0. The van der Waals surface area contributed by atoms with Gasteiger partial charge < -0.3 is 131 Å². The van der Waals surface area contributed by atoms with E-state index in [1.165, 1.54) is 0 Å². The van der Waals surface area contributed by atoms with Crippen LogP contribution in [0.2, 0.25) is 0 Å². The van der Waals surface area contributed by atoms with Gasteiger partial charge in [0.15, 0.2) is 0 Å². The zero-order valence-electron chi connectivity index (χ0n) is 12.7. The van der Waals surface area contributed by atoms with Gasteiger partial charge in [0.2, 0.25) is 0 Å². The Morgan fingerprint density at radius 2 is 0.0645 bits per heavy atom. The maximum absolute atomic E-state index is 0. The Kier molecular flexibility index (Phi) is 213000. The second-order valence-corrected chi connectivity index (χ2v) is 0. The van der Waals surface area contributed by atoms with E-state index in [9.17, 15) is 0 Å². The Labute approximate surface area is 276 Å². The molecule has 31 heteroatoms. The summed E-state index contributed by atoms with van der Waals surface area (Å²) in [4.78, 5) is 0. The summed E-state index contributed by atoms with van der Waals surface area (Å²) in [5, 5.41) is 0. The van der Waals surface area contributed by atoms with Gasteiger partial charge in [0.25, 0.3) is 0 Å². The predicted octanol–water partition coefficient (Wildman–Crippen LogP) is -2.87. The minimum absolute atomic E-state index is 0. The van der Waals surface area contributed by atoms with Crippen molar-refractivity contribution in [2.75, 3.05) is 0 Å². The van der Waals surface area contributed by atoms with Gasteiger partial charge >= 0.3 is 0 Å². The Morgan fingerprint density at radius 1 is 0.0645 bits per heavy atom. The molecule has 0 aliphatic rings. The van der Waals surface area contributed by atoms with Crippen LogP contribution in [0.15, 0.2) is 0 Å². The molecule has 0 aliphatic heterocycles. The summed E-state index contributed by atoms with van der Waals surface area (Å²) in [6, 6.07) is 0. The molecule has 0 saturated carbocycles. The summed E-state index contributed by atoms with van der Waals surface area (Å²) >= 11 is 0. The van der Waals surface area contributed by atoms with E-state index < -0.39 is 0 Å². The molecule has 0 aromatic carbocycles. The Balaban J connectivity index is 0. The molecule has 24 nitrogen and oxygen atoms in total. The van der Waals surface area contributed by atoms with Crippen LogP contribution >= 0.6 is 0 Å². The summed E-state index contributed by atoms with van der Waals surface area (Å²) < 4.78 is 0. The third kappa shape index (κ3) is 2310. The number of hydrogen-bond donors (Lipinski definition) is 0. The number of rotatable bonds is 0. The van der Waals surface area contributed by atoms with Gasteiger partial charge in [-0.2, -0.15) is 0 Å². The van der Waals surface area contributed by atoms with Crippen LogP contribution in [-0.4, -0.2) is 0 Å². The van der Waals surface area contributed by atoms with Gasteiger partial charge in [0, 0.05) is 147 Å². The van der Waals surface area contributed by atoms with Gasteiger partial charge in [-0.1, -0.05) is 0 Å². The monoisotopic (exact) mass is 1070 g/mol. The molecule has 0 spiro atoms. The summed E-state index contributed by atoms with van der Waals surface area (Å²) in [5.74, 6) is 0. The first kappa shape index (κ1) is 2680. The van der Waals surface area contributed by atoms with Crippen LogP contribution in [0.5, 0.6) is 0 Å². The first-order valence-electron chi connectivity index (χ1n) is 0. The largest absolute Gasteiger partial charge is 2.00 e. The minimum atomic E-state index is 0. The van der Waals surface area contributed by atoms with Crippen molar-refractivity contribution in [2.45, 2.75) is 0 Å². The quantitative estimate of drug-likeness (QED) is 0.221. The molecule has 0 aliphatic carbocycles. The SMILES string of the molecule is [Mo].[Mo].[Mo].[Mo].[Mo].[Mo].[Mo].[O-2].[O-2].[O-2].[O-2].[O-2].[O-2].[O-2].[O-2].[O-2].[O-2].[O-2].[O-2].[O-2].[O-2].[O-2].[O-2].[O-2].[O-2].[O-2].[O-2].[O-2].[O-2].[O-2].[O-2]. The molecule has 0 radical (unpaired) electrons. The van der Waals surface area contributed by atoms with E-state index in [-0.39, 0.29) is 279 Å². The number of hydrogen-bond acceptors (Lipinski definition) is 0. The molecule has 0 fully saturated rings. The molecule has 234 valence electrons. The Morgan fingerprint density at radius 3 is 0.0645 bits per heavy atom. The molecule has 0 unspecified atom stereocenters. The summed E-state index contributed by atoms with van der Waals surface area (Å²) in [7, 11) is 0. The first-order valence-corrected chi connectivity index (χ1v) is 0. The van der Waals surface area contributed by atoms with Crippen LogP contribution in [0.3, 0.4) is 0 Å². The second kappa shape index (κ2) is 2460. The molecule has 0 amide bonds. The van der Waals surface area contributed by atoms with E-state index in [1.807, 2.05) is 0 Å². The van der Waals surface area contributed by atoms with E-state index in [4.69, 9.17) is 0 Å². The minimum Gasteiger partial charge on any atom is -2.00 e. The fraction of sp³-hybridized carbons (Fsp3) is 0. The van der Waals surface area contributed by atoms with Crippen LogP contribution in [-0.2, 0) is 279 Å². The van der Waals surface area contributed by atoms with E-state index in [1.54, 1.807) is 0 Å². The van der Waals surface area contributed by atoms with Crippen LogP contribution < -0.4 is 0 Å². The molecule has 0 atom stereocenters. The molecule has 0 bridgehead atoms. The van der Waals surface area contributed by atoms with Gasteiger partial charge in [-0.15, -0.1) is 0 Å². The van der Waals surface area contributed by atoms with Crippen molar-refractivity contribution >= 4 is 0 Å². The summed E-state index contributed by atoms with van der Waals surface area (Å²) in [6.45, 7) is 0. The molecule has 0 saturated heterocycles. The average Bonchev–Trinajstić information content (AvgIpc) is 0. The smallest absolute Gasteiger partial charge is 0 e. The zero-order valence-corrected chi connectivity index (χ0v) is 26.7.